The standard InChI is InChI=1S/C11H14BrN/c1-13(2)9-8-11(12)10-6-4-3-5-7-10/h3-8H,9H2,1-2H3. The molecule has 0 unspecified atom stereocenters. The lowest BCUT2D eigenvalue weighted by Crippen LogP contribution is -2.10. The molecule has 2 heteroatoms. The predicted molar refractivity (Wildman–Crippen MR) is 61.9 cm³/mol. The Bertz CT molecular complexity index is 277. The van der Waals surface area contributed by atoms with Crippen molar-refractivity contribution < 1.29 is 0 Å². The predicted octanol–water partition coefficient (Wildman–Crippen LogP) is 2.98. The Hall–Kier alpha value is -0.600. The van der Waals surface area contributed by atoms with E-state index in [-0.39, 0.29) is 0 Å². The summed E-state index contributed by atoms with van der Waals surface area (Å²) >= 11 is 3.55. The van der Waals surface area contributed by atoms with Crippen molar-refractivity contribution in [2.24, 2.45) is 0 Å². The molecule has 0 amide bonds. The van der Waals surface area contributed by atoms with E-state index in [9.17, 15) is 0 Å². The van der Waals surface area contributed by atoms with E-state index in [2.05, 4.69) is 53.1 Å². The fourth-order valence-corrected chi connectivity index (χ4v) is 1.39. The fourth-order valence-electron chi connectivity index (χ4n) is 0.978. The zero-order chi connectivity index (χ0) is 9.68. The monoisotopic (exact) mass is 239 g/mol. The van der Waals surface area contributed by atoms with Gasteiger partial charge in [0.15, 0.2) is 0 Å². The van der Waals surface area contributed by atoms with Crippen molar-refractivity contribution >= 4 is 20.4 Å². The summed E-state index contributed by atoms with van der Waals surface area (Å²) in [5.74, 6) is 0. The van der Waals surface area contributed by atoms with Gasteiger partial charge in [-0.25, -0.2) is 0 Å². The summed E-state index contributed by atoms with van der Waals surface area (Å²) in [5.41, 5.74) is 1.23. The minimum Gasteiger partial charge on any atom is -0.306 e. The average Bonchev–Trinajstić information content (AvgIpc) is 2.15. The lowest BCUT2D eigenvalue weighted by Gasteiger charge is -2.05. The molecule has 13 heavy (non-hydrogen) atoms. The Morgan fingerprint density at radius 1 is 1.31 bits per heavy atom. The number of nitrogens with zero attached hydrogens (tertiary/aromatic N) is 1. The first kappa shape index (κ1) is 10.5. The van der Waals surface area contributed by atoms with Crippen molar-refractivity contribution in [2.75, 3.05) is 20.6 Å². The molecule has 0 N–H and O–H groups in total. The van der Waals surface area contributed by atoms with Crippen LogP contribution in [0.25, 0.3) is 4.48 Å². The van der Waals surface area contributed by atoms with Crippen LogP contribution >= 0.6 is 15.9 Å². The fraction of sp³-hybridized carbons (Fsp3) is 0.273. The normalized spacial score (nSPS) is 12.2. The van der Waals surface area contributed by atoms with E-state index in [4.69, 9.17) is 0 Å². The lowest BCUT2D eigenvalue weighted by molar-refractivity contribution is 0.457. The Morgan fingerprint density at radius 2 is 1.92 bits per heavy atom. The number of halogens is 1. The third-order valence-electron chi connectivity index (χ3n) is 1.69. The van der Waals surface area contributed by atoms with E-state index >= 15 is 0 Å². The molecule has 1 aromatic carbocycles. The van der Waals surface area contributed by atoms with Crippen molar-refractivity contribution in [1.82, 2.24) is 4.90 Å². The quantitative estimate of drug-likeness (QED) is 0.785. The molecule has 1 rings (SSSR count). The highest BCUT2D eigenvalue weighted by Gasteiger charge is 1.94. The maximum absolute atomic E-state index is 3.55. The molecule has 0 aromatic heterocycles. The van der Waals surface area contributed by atoms with Crippen LogP contribution in [0.2, 0.25) is 0 Å². The van der Waals surface area contributed by atoms with Crippen molar-refractivity contribution in [3.8, 4) is 0 Å². The molecule has 0 aliphatic heterocycles. The molecule has 1 aromatic rings. The van der Waals surface area contributed by atoms with E-state index in [1.165, 1.54) is 5.56 Å². The molecule has 0 saturated heterocycles. The molecule has 0 bridgehead atoms. The van der Waals surface area contributed by atoms with E-state index in [1.807, 2.05) is 18.2 Å². The van der Waals surface area contributed by atoms with Crippen LogP contribution in [0.15, 0.2) is 36.4 Å². The first-order chi connectivity index (χ1) is 6.20. The number of benzene rings is 1. The molecule has 1 nitrogen and oxygen atoms in total. The second-order valence-corrected chi connectivity index (χ2v) is 4.03. The van der Waals surface area contributed by atoms with Gasteiger partial charge in [-0.3, -0.25) is 0 Å². The van der Waals surface area contributed by atoms with Gasteiger partial charge >= 0.3 is 0 Å². The summed E-state index contributed by atoms with van der Waals surface area (Å²) in [7, 11) is 4.11. The van der Waals surface area contributed by atoms with Crippen molar-refractivity contribution in [1.29, 1.82) is 0 Å². The second kappa shape index (κ2) is 5.20. The van der Waals surface area contributed by atoms with Crippen LogP contribution < -0.4 is 0 Å². The number of hydrogen-bond donors (Lipinski definition) is 0. The van der Waals surface area contributed by atoms with Crippen molar-refractivity contribution in [2.45, 2.75) is 0 Å². The van der Waals surface area contributed by atoms with Gasteiger partial charge in [-0.05, 0) is 19.7 Å². The van der Waals surface area contributed by atoms with Gasteiger partial charge in [0, 0.05) is 11.0 Å². The van der Waals surface area contributed by atoms with E-state index in [0.717, 1.165) is 11.0 Å². The van der Waals surface area contributed by atoms with Gasteiger partial charge in [0.1, 0.15) is 0 Å². The Morgan fingerprint density at radius 3 is 2.46 bits per heavy atom. The maximum Gasteiger partial charge on any atom is 0.0220 e. The summed E-state index contributed by atoms with van der Waals surface area (Å²) in [6, 6.07) is 10.3. The molecule has 0 spiro atoms. The van der Waals surface area contributed by atoms with Crippen molar-refractivity contribution in [3.63, 3.8) is 0 Å². The number of hydrogen-bond acceptors (Lipinski definition) is 1. The highest BCUT2D eigenvalue weighted by atomic mass is 79.9. The van der Waals surface area contributed by atoms with Gasteiger partial charge in [-0.2, -0.15) is 0 Å². The largest absolute Gasteiger partial charge is 0.306 e. The maximum atomic E-state index is 3.55. The van der Waals surface area contributed by atoms with Crippen LogP contribution in [0.3, 0.4) is 0 Å². The zero-order valence-corrected chi connectivity index (χ0v) is 9.58. The van der Waals surface area contributed by atoms with Crippen molar-refractivity contribution in [3.05, 3.63) is 42.0 Å². The summed E-state index contributed by atoms with van der Waals surface area (Å²) < 4.78 is 1.15. The van der Waals surface area contributed by atoms with Crippen LogP contribution in [-0.4, -0.2) is 25.5 Å². The Balaban J connectivity index is 2.68. The number of likely N-dealkylation sites (N-methyl/N-ethyl adjacent to an activating group) is 1. The van der Waals surface area contributed by atoms with Gasteiger partial charge in [-0.15, -0.1) is 0 Å². The van der Waals surface area contributed by atoms with Gasteiger partial charge in [0.05, 0.1) is 0 Å². The average molecular weight is 240 g/mol. The SMILES string of the molecule is CN(C)CC=C(Br)c1ccccc1. The smallest absolute Gasteiger partial charge is 0.0220 e. The molecule has 0 heterocycles. The van der Waals surface area contributed by atoms with E-state index < -0.39 is 0 Å². The van der Waals surface area contributed by atoms with Crippen LogP contribution in [-0.2, 0) is 0 Å². The summed E-state index contributed by atoms with van der Waals surface area (Å²) in [6.45, 7) is 0.954. The van der Waals surface area contributed by atoms with Crippen LogP contribution in [0.5, 0.6) is 0 Å². The second-order valence-electron chi connectivity index (χ2n) is 3.18. The first-order valence-electron chi connectivity index (χ1n) is 4.26. The van der Waals surface area contributed by atoms with Gasteiger partial charge in [0.25, 0.3) is 0 Å². The molecule has 0 aliphatic carbocycles. The van der Waals surface area contributed by atoms with E-state index in [1.54, 1.807) is 0 Å². The molecule has 70 valence electrons. The summed E-state index contributed by atoms with van der Waals surface area (Å²) in [6.07, 6.45) is 2.16. The number of rotatable bonds is 3. The lowest BCUT2D eigenvalue weighted by atomic mass is 10.2. The van der Waals surface area contributed by atoms with Gasteiger partial charge in [0.2, 0.25) is 0 Å². The molecule has 0 radical (unpaired) electrons. The molecule has 0 saturated carbocycles. The molecular weight excluding hydrogens is 226 g/mol. The highest BCUT2D eigenvalue weighted by Crippen LogP contribution is 2.19. The minimum atomic E-state index is 0.954. The molecular formula is C11H14BrN. The zero-order valence-electron chi connectivity index (χ0n) is 8.00. The van der Waals surface area contributed by atoms with Crippen LogP contribution in [0.4, 0.5) is 0 Å². The summed E-state index contributed by atoms with van der Waals surface area (Å²) in [5, 5.41) is 0. The van der Waals surface area contributed by atoms with E-state index in [0.29, 0.717) is 0 Å². The van der Waals surface area contributed by atoms with Gasteiger partial charge < -0.3 is 4.90 Å². The van der Waals surface area contributed by atoms with Crippen LogP contribution in [0.1, 0.15) is 5.56 Å². The first-order valence-corrected chi connectivity index (χ1v) is 5.05. The Labute approximate surface area is 88.2 Å². The topological polar surface area (TPSA) is 3.24 Å². The minimum absolute atomic E-state index is 0.954. The molecule has 0 atom stereocenters. The third-order valence-corrected chi connectivity index (χ3v) is 2.47. The molecule has 0 aliphatic rings. The highest BCUT2D eigenvalue weighted by molar-refractivity contribution is 9.15. The third kappa shape index (κ3) is 3.75. The van der Waals surface area contributed by atoms with Crippen LogP contribution in [0, 0.1) is 0 Å². The summed E-state index contributed by atoms with van der Waals surface area (Å²) in [4.78, 5) is 2.13. The molecule has 0 fully saturated rings. The Kier molecular flexibility index (Phi) is 4.19. The van der Waals surface area contributed by atoms with Gasteiger partial charge in [-0.1, -0.05) is 52.3 Å².